The van der Waals surface area contributed by atoms with Crippen molar-refractivity contribution in [1.29, 1.82) is 0 Å². The van der Waals surface area contributed by atoms with E-state index in [0.29, 0.717) is 32.1 Å². The number of rotatable bonds is 3. The molecular formula is C18H16F3N7. The Labute approximate surface area is 158 Å². The number of halogens is 3. The van der Waals surface area contributed by atoms with Gasteiger partial charge in [-0.05, 0) is 24.3 Å². The van der Waals surface area contributed by atoms with Gasteiger partial charge >= 0.3 is 6.18 Å². The number of piperazine rings is 1. The first-order valence-electron chi connectivity index (χ1n) is 8.64. The Kier molecular flexibility index (Phi) is 4.76. The zero-order valence-electron chi connectivity index (χ0n) is 14.7. The highest BCUT2D eigenvalue weighted by Crippen LogP contribution is 2.28. The van der Waals surface area contributed by atoms with Gasteiger partial charge in [0.05, 0.1) is 5.69 Å². The molecule has 0 bridgehead atoms. The van der Waals surface area contributed by atoms with Crippen molar-refractivity contribution >= 4 is 11.9 Å². The molecule has 4 rings (SSSR count). The maximum absolute atomic E-state index is 12.9. The lowest BCUT2D eigenvalue weighted by atomic mass is 10.2. The molecule has 0 amide bonds. The second kappa shape index (κ2) is 7.37. The van der Waals surface area contributed by atoms with Crippen molar-refractivity contribution in [2.24, 2.45) is 0 Å². The molecule has 28 heavy (non-hydrogen) atoms. The van der Waals surface area contributed by atoms with Gasteiger partial charge in [0.25, 0.3) is 0 Å². The second-order valence-corrected chi connectivity index (χ2v) is 6.20. The molecule has 0 atom stereocenters. The van der Waals surface area contributed by atoms with Crippen LogP contribution < -0.4 is 9.80 Å². The van der Waals surface area contributed by atoms with Gasteiger partial charge in [-0.3, -0.25) is 4.98 Å². The van der Waals surface area contributed by atoms with Crippen LogP contribution in [-0.2, 0) is 6.18 Å². The lowest BCUT2D eigenvalue weighted by Gasteiger charge is -2.34. The number of pyridine rings is 1. The van der Waals surface area contributed by atoms with E-state index in [0.717, 1.165) is 23.5 Å². The van der Waals surface area contributed by atoms with Gasteiger partial charge in [0, 0.05) is 56.5 Å². The first kappa shape index (κ1) is 18.1. The molecule has 0 spiro atoms. The van der Waals surface area contributed by atoms with Crippen LogP contribution in [0.4, 0.5) is 25.1 Å². The molecule has 7 nitrogen and oxygen atoms in total. The lowest BCUT2D eigenvalue weighted by Crippen LogP contribution is -2.47. The number of hydrogen-bond donors (Lipinski definition) is 0. The van der Waals surface area contributed by atoms with E-state index in [1.807, 2.05) is 23.1 Å². The Morgan fingerprint density at radius 2 is 1.43 bits per heavy atom. The van der Waals surface area contributed by atoms with Crippen LogP contribution in [0.2, 0.25) is 0 Å². The minimum Gasteiger partial charge on any atom is -0.337 e. The van der Waals surface area contributed by atoms with Crippen LogP contribution in [0.5, 0.6) is 0 Å². The predicted octanol–water partition coefficient (Wildman–Crippen LogP) is 2.67. The molecule has 3 aromatic heterocycles. The zero-order chi connectivity index (χ0) is 19.6. The molecule has 0 aliphatic carbocycles. The Morgan fingerprint density at radius 1 is 0.786 bits per heavy atom. The maximum atomic E-state index is 12.9. The molecule has 0 radical (unpaired) electrons. The number of anilines is 2. The van der Waals surface area contributed by atoms with Crippen LogP contribution in [-0.4, -0.2) is 51.1 Å². The summed E-state index contributed by atoms with van der Waals surface area (Å²) in [5, 5.41) is 0. The summed E-state index contributed by atoms with van der Waals surface area (Å²) >= 11 is 0. The third-order valence-corrected chi connectivity index (χ3v) is 4.38. The average Bonchev–Trinajstić information content (AvgIpc) is 2.74. The highest BCUT2D eigenvalue weighted by molar-refractivity contribution is 5.58. The maximum Gasteiger partial charge on any atom is 0.433 e. The van der Waals surface area contributed by atoms with Crippen LogP contribution in [0.3, 0.4) is 0 Å². The summed E-state index contributed by atoms with van der Waals surface area (Å²) in [6.07, 6.45) is 1.76. The molecule has 0 N–H and O–H groups in total. The van der Waals surface area contributed by atoms with Gasteiger partial charge in [-0.1, -0.05) is 0 Å². The van der Waals surface area contributed by atoms with Gasteiger partial charge in [-0.25, -0.2) is 19.9 Å². The fourth-order valence-electron chi connectivity index (χ4n) is 2.94. The van der Waals surface area contributed by atoms with E-state index < -0.39 is 11.9 Å². The van der Waals surface area contributed by atoms with Crippen molar-refractivity contribution in [1.82, 2.24) is 24.9 Å². The molecular weight excluding hydrogens is 371 g/mol. The number of hydrogen-bond acceptors (Lipinski definition) is 7. The summed E-state index contributed by atoms with van der Waals surface area (Å²) in [6, 6.07) is 6.44. The molecule has 0 saturated carbocycles. The second-order valence-electron chi connectivity index (χ2n) is 6.20. The van der Waals surface area contributed by atoms with E-state index in [9.17, 15) is 13.2 Å². The summed E-state index contributed by atoms with van der Waals surface area (Å²) < 4.78 is 38.6. The summed E-state index contributed by atoms with van der Waals surface area (Å²) in [7, 11) is 0. The van der Waals surface area contributed by atoms with Crippen molar-refractivity contribution in [3.05, 3.63) is 54.7 Å². The zero-order valence-corrected chi connectivity index (χ0v) is 14.7. The Bertz CT molecular complexity index is 941. The van der Waals surface area contributed by atoms with Crippen molar-refractivity contribution < 1.29 is 13.2 Å². The molecule has 4 heterocycles. The fraction of sp³-hybridized carbons (Fsp3) is 0.278. The molecule has 0 aromatic carbocycles. The van der Waals surface area contributed by atoms with Crippen LogP contribution >= 0.6 is 0 Å². The normalized spacial score (nSPS) is 15.0. The molecule has 1 saturated heterocycles. The van der Waals surface area contributed by atoms with Gasteiger partial charge < -0.3 is 9.80 Å². The highest BCUT2D eigenvalue weighted by Gasteiger charge is 2.33. The average molecular weight is 387 g/mol. The first-order valence-corrected chi connectivity index (χ1v) is 8.64. The molecule has 144 valence electrons. The standard InChI is InChI=1S/C18H16F3N7/c19-18(20,21)15-4-7-24-17(26-15)28-10-8-27(9-11-28)16-23-6-3-14(25-16)13-2-1-5-22-12-13/h1-7,12H,8-11H2. The topological polar surface area (TPSA) is 70.9 Å². The van der Waals surface area contributed by atoms with Gasteiger partial charge in [0.2, 0.25) is 11.9 Å². The minimum absolute atomic E-state index is 0.0829. The van der Waals surface area contributed by atoms with Crippen LogP contribution in [0.1, 0.15) is 5.69 Å². The third-order valence-electron chi connectivity index (χ3n) is 4.38. The van der Waals surface area contributed by atoms with E-state index in [1.54, 1.807) is 23.5 Å². The van der Waals surface area contributed by atoms with Gasteiger partial charge in [0.1, 0.15) is 5.69 Å². The Morgan fingerprint density at radius 3 is 2.04 bits per heavy atom. The fourth-order valence-corrected chi connectivity index (χ4v) is 2.94. The van der Waals surface area contributed by atoms with Crippen LogP contribution in [0.15, 0.2) is 49.1 Å². The van der Waals surface area contributed by atoms with Crippen molar-refractivity contribution in [2.45, 2.75) is 6.18 Å². The third kappa shape index (κ3) is 3.85. The van der Waals surface area contributed by atoms with Gasteiger partial charge in [-0.15, -0.1) is 0 Å². The smallest absolute Gasteiger partial charge is 0.337 e. The van der Waals surface area contributed by atoms with Crippen molar-refractivity contribution in [2.75, 3.05) is 36.0 Å². The number of aromatic nitrogens is 5. The van der Waals surface area contributed by atoms with E-state index >= 15 is 0 Å². The van der Waals surface area contributed by atoms with E-state index in [2.05, 4.69) is 24.9 Å². The molecule has 1 aliphatic rings. The Hall–Kier alpha value is -3.30. The number of nitrogens with zero attached hydrogens (tertiary/aromatic N) is 7. The quantitative estimate of drug-likeness (QED) is 0.684. The molecule has 0 unspecified atom stereocenters. The summed E-state index contributed by atoms with van der Waals surface area (Å²) in [6.45, 7) is 2.05. The van der Waals surface area contributed by atoms with Crippen LogP contribution in [0, 0.1) is 0 Å². The molecule has 1 fully saturated rings. The van der Waals surface area contributed by atoms with Crippen LogP contribution in [0.25, 0.3) is 11.3 Å². The van der Waals surface area contributed by atoms with Crippen molar-refractivity contribution in [3.63, 3.8) is 0 Å². The van der Waals surface area contributed by atoms with E-state index in [4.69, 9.17) is 0 Å². The first-order chi connectivity index (χ1) is 13.5. The van der Waals surface area contributed by atoms with Crippen molar-refractivity contribution in [3.8, 4) is 11.3 Å². The minimum atomic E-state index is -4.49. The van der Waals surface area contributed by atoms with E-state index in [-0.39, 0.29) is 5.95 Å². The molecule has 10 heteroatoms. The molecule has 3 aromatic rings. The monoisotopic (exact) mass is 387 g/mol. The SMILES string of the molecule is FC(F)(F)c1ccnc(N2CCN(c3nccc(-c4cccnc4)n3)CC2)n1. The summed E-state index contributed by atoms with van der Waals surface area (Å²) in [5.41, 5.74) is 0.719. The lowest BCUT2D eigenvalue weighted by molar-refractivity contribution is -0.141. The predicted molar refractivity (Wildman–Crippen MR) is 96.7 cm³/mol. The Balaban J connectivity index is 1.46. The molecule has 1 aliphatic heterocycles. The summed E-state index contributed by atoms with van der Waals surface area (Å²) in [4.78, 5) is 24.4. The highest BCUT2D eigenvalue weighted by atomic mass is 19.4. The van der Waals surface area contributed by atoms with Gasteiger partial charge in [-0.2, -0.15) is 13.2 Å². The largest absolute Gasteiger partial charge is 0.433 e. The number of alkyl halides is 3. The van der Waals surface area contributed by atoms with E-state index in [1.165, 1.54) is 0 Å². The van der Waals surface area contributed by atoms with Gasteiger partial charge in [0.15, 0.2) is 0 Å². The summed E-state index contributed by atoms with van der Waals surface area (Å²) in [5.74, 6) is 0.658.